The quantitative estimate of drug-likeness (QED) is 0.578. The zero-order valence-electron chi connectivity index (χ0n) is 13.5. The molecule has 114 valence electrons. The van der Waals surface area contributed by atoms with Gasteiger partial charge in [0.15, 0.2) is 0 Å². The van der Waals surface area contributed by atoms with Crippen LogP contribution < -0.4 is 0 Å². The molecule has 0 aromatic carbocycles. The molecule has 0 unspecified atom stereocenters. The van der Waals surface area contributed by atoms with Gasteiger partial charge < -0.3 is 0 Å². The van der Waals surface area contributed by atoms with Gasteiger partial charge in [0.25, 0.3) is 0 Å². The van der Waals surface area contributed by atoms with Gasteiger partial charge in [-0.3, -0.25) is 9.63 Å². The molecule has 0 N–H and O–H groups in total. The van der Waals surface area contributed by atoms with Gasteiger partial charge in [-0.15, -0.1) is 0 Å². The van der Waals surface area contributed by atoms with E-state index in [1.54, 1.807) is 14.2 Å². The third-order valence-electron chi connectivity index (χ3n) is 5.70. The Kier molecular flexibility index (Phi) is 4.29. The van der Waals surface area contributed by atoms with E-state index in [9.17, 15) is 4.79 Å². The zero-order valence-corrected chi connectivity index (χ0v) is 13.5. The summed E-state index contributed by atoms with van der Waals surface area (Å²) in [6.07, 6.45) is 7.60. The lowest BCUT2D eigenvalue weighted by Gasteiger charge is -2.55. The molecule has 0 spiro atoms. The zero-order chi connectivity index (χ0) is 15.0. The van der Waals surface area contributed by atoms with Gasteiger partial charge in [0.2, 0.25) is 5.91 Å². The minimum atomic E-state index is 0.102. The molecular formula is C17H29NO2. The van der Waals surface area contributed by atoms with Crippen molar-refractivity contribution in [2.75, 3.05) is 14.2 Å². The molecular weight excluding hydrogens is 250 g/mol. The number of hydrogen-bond donors (Lipinski definition) is 0. The van der Waals surface area contributed by atoms with Gasteiger partial charge in [-0.05, 0) is 48.9 Å². The summed E-state index contributed by atoms with van der Waals surface area (Å²) in [6.45, 7) is 8.97. The molecule has 0 aromatic rings. The molecule has 2 fully saturated rings. The summed E-state index contributed by atoms with van der Waals surface area (Å²) < 4.78 is 0. The summed E-state index contributed by atoms with van der Waals surface area (Å²) in [7, 11) is 3.26. The van der Waals surface area contributed by atoms with E-state index in [0.29, 0.717) is 17.8 Å². The molecule has 2 atom stereocenters. The van der Waals surface area contributed by atoms with E-state index in [1.165, 1.54) is 29.9 Å². The predicted molar refractivity (Wildman–Crippen MR) is 80.9 cm³/mol. The highest BCUT2D eigenvalue weighted by molar-refractivity contribution is 5.75. The lowest BCUT2D eigenvalue weighted by Crippen LogP contribution is -2.48. The predicted octanol–water partition coefficient (Wildman–Crippen LogP) is 3.95. The van der Waals surface area contributed by atoms with E-state index in [1.807, 2.05) is 0 Å². The first kappa shape index (κ1) is 15.6. The summed E-state index contributed by atoms with van der Waals surface area (Å²) in [5.41, 5.74) is 1.78. The molecule has 2 saturated carbocycles. The van der Waals surface area contributed by atoms with E-state index in [4.69, 9.17) is 4.84 Å². The molecule has 0 heterocycles. The van der Waals surface area contributed by atoms with Crippen LogP contribution in [0.3, 0.4) is 0 Å². The Hall–Kier alpha value is -0.830. The first-order chi connectivity index (χ1) is 9.31. The molecule has 1 amide bonds. The standard InChI is InChI=1S/C17H29NO2/c1-13-7-8-14-16(2,3)9-6-10-17(14,11-13)12-15(19)18(4)20-5/h14H,1,6-12H2,2-5H3/t14-,17+/m0/s1. The van der Waals surface area contributed by atoms with Crippen LogP contribution in [0.5, 0.6) is 0 Å². The van der Waals surface area contributed by atoms with Crippen LogP contribution in [-0.2, 0) is 9.63 Å². The summed E-state index contributed by atoms with van der Waals surface area (Å²) in [5, 5.41) is 1.38. The summed E-state index contributed by atoms with van der Waals surface area (Å²) in [6, 6.07) is 0. The molecule has 0 radical (unpaired) electrons. The summed E-state index contributed by atoms with van der Waals surface area (Å²) >= 11 is 0. The van der Waals surface area contributed by atoms with E-state index in [-0.39, 0.29) is 11.3 Å². The number of hydrogen-bond acceptors (Lipinski definition) is 2. The Balaban J connectivity index is 2.26. The van der Waals surface area contributed by atoms with E-state index < -0.39 is 0 Å². The van der Waals surface area contributed by atoms with Crippen LogP contribution in [0.4, 0.5) is 0 Å². The lowest BCUT2D eigenvalue weighted by molar-refractivity contribution is -0.175. The maximum atomic E-state index is 12.4. The first-order valence-electron chi connectivity index (χ1n) is 7.78. The monoisotopic (exact) mass is 279 g/mol. The number of hydroxylamine groups is 2. The van der Waals surface area contributed by atoms with Crippen LogP contribution in [0.15, 0.2) is 12.2 Å². The SMILES string of the molecule is C=C1CC[C@H]2C(C)(C)CCC[C@]2(CC(=O)N(C)OC)C1. The van der Waals surface area contributed by atoms with Crippen molar-refractivity contribution in [2.45, 2.75) is 58.8 Å². The molecule has 3 heteroatoms. The Morgan fingerprint density at radius 2 is 2.15 bits per heavy atom. The van der Waals surface area contributed by atoms with Gasteiger partial charge >= 0.3 is 0 Å². The highest BCUT2D eigenvalue weighted by Crippen LogP contribution is 2.60. The van der Waals surface area contributed by atoms with Crippen molar-refractivity contribution in [1.29, 1.82) is 0 Å². The molecule has 2 rings (SSSR count). The average Bonchev–Trinajstić information content (AvgIpc) is 2.36. The second kappa shape index (κ2) is 5.51. The second-order valence-corrected chi connectivity index (χ2v) is 7.47. The van der Waals surface area contributed by atoms with Crippen LogP contribution in [-0.4, -0.2) is 25.1 Å². The van der Waals surface area contributed by atoms with Crippen LogP contribution in [0, 0.1) is 16.7 Å². The van der Waals surface area contributed by atoms with Crippen molar-refractivity contribution in [3.63, 3.8) is 0 Å². The maximum Gasteiger partial charge on any atom is 0.246 e. The first-order valence-corrected chi connectivity index (χ1v) is 7.78. The van der Waals surface area contributed by atoms with Gasteiger partial charge in [-0.2, -0.15) is 0 Å². The van der Waals surface area contributed by atoms with Gasteiger partial charge in [-0.25, -0.2) is 5.06 Å². The minimum absolute atomic E-state index is 0.102. The van der Waals surface area contributed by atoms with Crippen LogP contribution in [0.25, 0.3) is 0 Å². The summed E-state index contributed by atoms with van der Waals surface area (Å²) in [5.74, 6) is 0.730. The topological polar surface area (TPSA) is 29.5 Å². The fourth-order valence-corrected chi connectivity index (χ4v) is 4.71. The number of carbonyl (C=O) groups is 1. The maximum absolute atomic E-state index is 12.4. The normalized spacial score (nSPS) is 32.6. The average molecular weight is 279 g/mol. The fourth-order valence-electron chi connectivity index (χ4n) is 4.71. The molecule has 0 aliphatic heterocycles. The number of rotatable bonds is 3. The minimum Gasteiger partial charge on any atom is -0.275 e. The van der Waals surface area contributed by atoms with E-state index >= 15 is 0 Å². The number of allylic oxidation sites excluding steroid dienone is 1. The van der Waals surface area contributed by atoms with Crippen molar-refractivity contribution >= 4 is 5.91 Å². The fraction of sp³-hybridized carbons (Fsp3) is 0.824. The van der Waals surface area contributed by atoms with E-state index in [0.717, 1.165) is 19.3 Å². The number of amides is 1. The third kappa shape index (κ3) is 2.78. The smallest absolute Gasteiger partial charge is 0.246 e. The summed E-state index contributed by atoms with van der Waals surface area (Å²) in [4.78, 5) is 17.5. The van der Waals surface area contributed by atoms with Crippen molar-refractivity contribution < 1.29 is 9.63 Å². The van der Waals surface area contributed by atoms with Gasteiger partial charge in [-0.1, -0.05) is 32.4 Å². The van der Waals surface area contributed by atoms with Crippen LogP contribution >= 0.6 is 0 Å². The van der Waals surface area contributed by atoms with Crippen LogP contribution in [0.2, 0.25) is 0 Å². The lowest BCUT2D eigenvalue weighted by atomic mass is 9.49. The second-order valence-electron chi connectivity index (χ2n) is 7.47. The molecule has 2 aliphatic carbocycles. The van der Waals surface area contributed by atoms with E-state index in [2.05, 4.69) is 20.4 Å². The van der Waals surface area contributed by atoms with Crippen molar-refractivity contribution in [1.82, 2.24) is 5.06 Å². The van der Waals surface area contributed by atoms with Gasteiger partial charge in [0.05, 0.1) is 7.11 Å². The Bertz CT molecular complexity index is 402. The Morgan fingerprint density at radius 1 is 1.45 bits per heavy atom. The number of nitrogens with zero attached hydrogens (tertiary/aromatic N) is 1. The van der Waals surface area contributed by atoms with Crippen molar-refractivity contribution in [3.8, 4) is 0 Å². The molecule has 3 nitrogen and oxygen atoms in total. The van der Waals surface area contributed by atoms with Crippen molar-refractivity contribution in [3.05, 3.63) is 12.2 Å². The largest absolute Gasteiger partial charge is 0.275 e. The molecule has 0 aromatic heterocycles. The molecule has 20 heavy (non-hydrogen) atoms. The molecule has 0 bridgehead atoms. The molecule has 0 saturated heterocycles. The highest BCUT2D eigenvalue weighted by atomic mass is 16.7. The van der Waals surface area contributed by atoms with Crippen molar-refractivity contribution in [2.24, 2.45) is 16.7 Å². The van der Waals surface area contributed by atoms with Gasteiger partial charge in [0.1, 0.15) is 0 Å². The highest BCUT2D eigenvalue weighted by Gasteiger charge is 2.51. The molecule has 2 aliphatic rings. The van der Waals surface area contributed by atoms with Crippen LogP contribution in [0.1, 0.15) is 58.8 Å². The Labute approximate surface area is 123 Å². The third-order valence-corrected chi connectivity index (χ3v) is 5.70. The Morgan fingerprint density at radius 3 is 2.80 bits per heavy atom. The number of fused-ring (bicyclic) bond motifs is 1. The van der Waals surface area contributed by atoms with Gasteiger partial charge in [0, 0.05) is 13.5 Å². The number of carbonyl (C=O) groups excluding carboxylic acids is 1.